The van der Waals surface area contributed by atoms with E-state index in [1.165, 1.54) is 10.4 Å². The van der Waals surface area contributed by atoms with Gasteiger partial charge in [0.05, 0.1) is 9.89 Å². The van der Waals surface area contributed by atoms with E-state index < -0.39 is 0 Å². The molecule has 1 unspecified atom stereocenters. The number of aryl methyl sites for hydroxylation is 1. The van der Waals surface area contributed by atoms with Crippen molar-refractivity contribution >= 4 is 27.3 Å². The Morgan fingerprint density at radius 2 is 2.24 bits per heavy atom. The van der Waals surface area contributed by atoms with Crippen LogP contribution in [0.4, 0.5) is 0 Å². The van der Waals surface area contributed by atoms with E-state index in [0.717, 1.165) is 23.0 Å². The molecule has 17 heavy (non-hydrogen) atoms. The molecule has 1 N–H and O–H groups in total. The normalized spacial score (nSPS) is 12.6. The molecule has 0 aliphatic rings. The molecular weight excluding hydrogens is 298 g/mol. The first kappa shape index (κ1) is 12.7. The van der Waals surface area contributed by atoms with Gasteiger partial charge in [-0.2, -0.15) is 0 Å². The van der Waals surface area contributed by atoms with Gasteiger partial charge < -0.3 is 5.11 Å². The summed E-state index contributed by atoms with van der Waals surface area (Å²) in [6.45, 7) is 0. The molecule has 0 aliphatic carbocycles. The maximum absolute atomic E-state index is 9.94. The highest BCUT2D eigenvalue weighted by atomic mass is 79.9. The summed E-state index contributed by atoms with van der Waals surface area (Å²) in [6.07, 6.45) is 5.73. The first-order chi connectivity index (χ1) is 8.24. The molecule has 0 spiro atoms. The van der Waals surface area contributed by atoms with Crippen LogP contribution in [0.15, 0.2) is 40.4 Å². The Morgan fingerprint density at radius 1 is 1.35 bits per heavy atom. The topological polar surface area (TPSA) is 33.1 Å². The molecule has 0 amide bonds. The van der Waals surface area contributed by atoms with Crippen LogP contribution in [0.3, 0.4) is 0 Å². The fourth-order valence-corrected chi connectivity index (χ4v) is 3.23. The van der Waals surface area contributed by atoms with Gasteiger partial charge in [0.2, 0.25) is 0 Å². The van der Waals surface area contributed by atoms with Gasteiger partial charge in [-0.3, -0.25) is 4.98 Å². The Bertz CT molecular complexity index is 457. The van der Waals surface area contributed by atoms with Crippen molar-refractivity contribution in [2.24, 2.45) is 0 Å². The zero-order chi connectivity index (χ0) is 12.1. The summed E-state index contributed by atoms with van der Waals surface area (Å²) in [6, 6.07) is 8.05. The van der Waals surface area contributed by atoms with Crippen LogP contribution < -0.4 is 0 Å². The van der Waals surface area contributed by atoms with Crippen LogP contribution >= 0.6 is 27.3 Å². The molecule has 4 heteroatoms. The van der Waals surface area contributed by atoms with Crippen molar-refractivity contribution < 1.29 is 5.11 Å². The average Bonchev–Trinajstić information content (AvgIpc) is 2.73. The van der Waals surface area contributed by atoms with Crippen LogP contribution in [0.2, 0.25) is 0 Å². The van der Waals surface area contributed by atoms with Gasteiger partial charge in [-0.1, -0.05) is 6.07 Å². The Kier molecular flexibility index (Phi) is 4.71. The minimum atomic E-state index is -0.277. The lowest BCUT2D eigenvalue weighted by atomic mass is 10.1. The summed E-state index contributed by atoms with van der Waals surface area (Å²) in [7, 11) is 0. The van der Waals surface area contributed by atoms with Crippen LogP contribution in [-0.4, -0.2) is 16.2 Å². The number of aliphatic hydroxyl groups excluding tert-OH is 1. The average molecular weight is 312 g/mol. The Morgan fingerprint density at radius 3 is 2.88 bits per heavy atom. The fourth-order valence-electron chi connectivity index (χ4n) is 1.68. The number of hydrogen-bond acceptors (Lipinski definition) is 3. The molecular formula is C13H14BrNOS. The van der Waals surface area contributed by atoms with Crippen LogP contribution in [0.5, 0.6) is 0 Å². The number of thiophene rings is 1. The quantitative estimate of drug-likeness (QED) is 0.917. The molecule has 0 saturated carbocycles. The van der Waals surface area contributed by atoms with Crippen molar-refractivity contribution in [3.8, 4) is 0 Å². The van der Waals surface area contributed by atoms with Gasteiger partial charge in [0.1, 0.15) is 0 Å². The van der Waals surface area contributed by atoms with Crippen molar-refractivity contribution in [2.45, 2.75) is 25.4 Å². The molecule has 0 radical (unpaired) electrons. The van der Waals surface area contributed by atoms with Gasteiger partial charge in [0.15, 0.2) is 0 Å². The van der Waals surface area contributed by atoms with E-state index in [-0.39, 0.29) is 6.10 Å². The van der Waals surface area contributed by atoms with Crippen molar-refractivity contribution in [3.63, 3.8) is 0 Å². The van der Waals surface area contributed by atoms with E-state index in [1.54, 1.807) is 17.5 Å². The van der Waals surface area contributed by atoms with Crippen molar-refractivity contribution in [3.05, 3.63) is 50.9 Å². The summed E-state index contributed by atoms with van der Waals surface area (Å²) < 4.78 is 1.12. The highest BCUT2D eigenvalue weighted by molar-refractivity contribution is 9.11. The molecule has 2 heterocycles. The van der Waals surface area contributed by atoms with E-state index in [0.29, 0.717) is 0 Å². The minimum absolute atomic E-state index is 0.277. The summed E-state index contributed by atoms with van der Waals surface area (Å²) in [5, 5.41) is 9.94. The van der Waals surface area contributed by atoms with E-state index in [2.05, 4.69) is 27.0 Å². The second-order valence-corrected chi connectivity index (χ2v) is 6.51. The molecule has 0 aromatic carbocycles. The Hall–Kier alpha value is -0.710. The van der Waals surface area contributed by atoms with Crippen molar-refractivity contribution in [1.29, 1.82) is 0 Å². The van der Waals surface area contributed by atoms with Gasteiger partial charge in [-0.15, -0.1) is 11.3 Å². The van der Waals surface area contributed by atoms with Crippen molar-refractivity contribution in [2.75, 3.05) is 0 Å². The molecule has 1 atom stereocenters. The van der Waals surface area contributed by atoms with Crippen molar-refractivity contribution in [1.82, 2.24) is 4.98 Å². The third kappa shape index (κ3) is 4.22. The fraction of sp³-hybridized carbons (Fsp3) is 0.308. The Balaban J connectivity index is 1.80. The molecule has 0 saturated heterocycles. The summed E-state index contributed by atoms with van der Waals surface area (Å²) >= 11 is 5.11. The number of hydrogen-bond donors (Lipinski definition) is 1. The van der Waals surface area contributed by atoms with Gasteiger partial charge in [-0.05, 0) is 52.5 Å². The number of pyridine rings is 1. The number of aromatic nitrogens is 1. The first-order valence-electron chi connectivity index (χ1n) is 5.55. The molecule has 2 nitrogen and oxygen atoms in total. The van der Waals surface area contributed by atoms with Crippen LogP contribution in [0.25, 0.3) is 0 Å². The van der Waals surface area contributed by atoms with Gasteiger partial charge in [-0.25, -0.2) is 0 Å². The highest BCUT2D eigenvalue weighted by Crippen LogP contribution is 2.23. The lowest BCUT2D eigenvalue weighted by Gasteiger charge is -2.08. The Labute approximate surface area is 113 Å². The second-order valence-electron chi connectivity index (χ2n) is 3.96. The van der Waals surface area contributed by atoms with E-state index in [4.69, 9.17) is 0 Å². The highest BCUT2D eigenvalue weighted by Gasteiger charge is 2.07. The van der Waals surface area contributed by atoms with Gasteiger partial charge >= 0.3 is 0 Å². The summed E-state index contributed by atoms with van der Waals surface area (Å²) in [5.41, 5.74) is 1.18. The number of rotatable bonds is 5. The predicted molar refractivity (Wildman–Crippen MR) is 74.3 cm³/mol. The van der Waals surface area contributed by atoms with Crippen LogP contribution in [0, 0.1) is 0 Å². The molecule has 2 aromatic rings. The zero-order valence-electron chi connectivity index (χ0n) is 9.34. The van der Waals surface area contributed by atoms with E-state index >= 15 is 0 Å². The largest absolute Gasteiger partial charge is 0.393 e. The van der Waals surface area contributed by atoms with E-state index in [1.807, 2.05) is 24.4 Å². The third-order valence-electron chi connectivity index (χ3n) is 2.55. The third-order valence-corrected chi connectivity index (χ3v) is 4.20. The second kappa shape index (κ2) is 6.28. The first-order valence-corrected chi connectivity index (χ1v) is 7.16. The number of nitrogens with zero attached hydrogens (tertiary/aromatic N) is 1. The zero-order valence-corrected chi connectivity index (χ0v) is 11.7. The summed E-state index contributed by atoms with van der Waals surface area (Å²) in [5.74, 6) is 0. The standard InChI is InChI=1S/C13H14BrNOS/c14-13-6-5-12(17-13)8-11(16)4-3-10-2-1-7-15-9-10/h1-2,5-7,9,11,16H,3-4,8H2. The minimum Gasteiger partial charge on any atom is -0.393 e. The molecule has 0 fully saturated rings. The summed E-state index contributed by atoms with van der Waals surface area (Å²) in [4.78, 5) is 5.28. The molecule has 0 aliphatic heterocycles. The van der Waals surface area contributed by atoms with Crippen LogP contribution in [0.1, 0.15) is 16.9 Å². The molecule has 2 rings (SSSR count). The monoisotopic (exact) mass is 311 g/mol. The maximum Gasteiger partial charge on any atom is 0.0701 e. The molecule has 90 valence electrons. The molecule has 0 bridgehead atoms. The number of halogens is 1. The smallest absolute Gasteiger partial charge is 0.0701 e. The van der Waals surface area contributed by atoms with Gasteiger partial charge in [0.25, 0.3) is 0 Å². The molecule has 2 aromatic heterocycles. The maximum atomic E-state index is 9.94. The number of aliphatic hydroxyl groups is 1. The van der Waals surface area contributed by atoms with E-state index in [9.17, 15) is 5.11 Å². The lowest BCUT2D eigenvalue weighted by Crippen LogP contribution is -2.10. The predicted octanol–water partition coefficient (Wildman–Crippen LogP) is 3.44. The SMILES string of the molecule is OC(CCc1cccnc1)Cc1ccc(Br)s1. The lowest BCUT2D eigenvalue weighted by molar-refractivity contribution is 0.166. The van der Waals surface area contributed by atoms with Gasteiger partial charge in [0, 0.05) is 23.7 Å². The van der Waals surface area contributed by atoms with Crippen LogP contribution in [-0.2, 0) is 12.8 Å².